The zero-order chi connectivity index (χ0) is 19.8. The summed E-state index contributed by atoms with van der Waals surface area (Å²) >= 11 is 0. The number of aromatic amines is 1. The van der Waals surface area contributed by atoms with E-state index in [1.807, 2.05) is 29.2 Å². The lowest BCUT2D eigenvalue weighted by Crippen LogP contribution is -2.55. The predicted octanol–water partition coefficient (Wildman–Crippen LogP) is 1.89. The largest absolute Gasteiger partial charge is 0.381 e. The molecule has 7 heteroatoms. The van der Waals surface area contributed by atoms with Crippen LogP contribution < -0.4 is 5.32 Å². The first-order chi connectivity index (χ1) is 14.2. The highest BCUT2D eigenvalue weighted by Gasteiger charge is 2.45. The maximum absolute atomic E-state index is 12.7. The second kappa shape index (κ2) is 7.78. The van der Waals surface area contributed by atoms with Crippen molar-refractivity contribution in [3.8, 4) is 0 Å². The molecule has 2 bridgehead atoms. The molecule has 3 heterocycles. The maximum Gasteiger partial charge on any atom is 0.228 e. The number of amides is 2. The average molecular weight is 396 g/mol. The fraction of sp³-hybridized carbons (Fsp3) is 0.591. The third-order valence-electron chi connectivity index (χ3n) is 6.78. The number of nitrogens with zero attached hydrogens (tertiary/aromatic N) is 2. The van der Waals surface area contributed by atoms with Crippen LogP contribution in [-0.4, -0.2) is 59.0 Å². The normalized spacial score (nSPS) is 28.8. The SMILES string of the molecule is O=C(CCc1nc2ccccc2[nH]1)NC1[C@@H]2CC[C@H]1CN(C(=O)C1CCOC1)C2. The van der Waals surface area contributed by atoms with Crippen molar-refractivity contribution in [1.82, 2.24) is 20.2 Å². The first-order valence-corrected chi connectivity index (χ1v) is 10.8. The second-order valence-corrected chi connectivity index (χ2v) is 8.70. The van der Waals surface area contributed by atoms with Gasteiger partial charge in [-0.1, -0.05) is 12.1 Å². The number of imidazole rings is 1. The minimum absolute atomic E-state index is 0.0318. The van der Waals surface area contributed by atoms with Crippen molar-refractivity contribution in [3.05, 3.63) is 30.1 Å². The molecule has 1 aliphatic carbocycles. The van der Waals surface area contributed by atoms with Gasteiger partial charge in [0.2, 0.25) is 11.8 Å². The number of benzene rings is 1. The van der Waals surface area contributed by atoms with Gasteiger partial charge in [0.15, 0.2) is 0 Å². The van der Waals surface area contributed by atoms with Crippen molar-refractivity contribution >= 4 is 22.8 Å². The molecule has 1 saturated carbocycles. The van der Waals surface area contributed by atoms with E-state index in [9.17, 15) is 9.59 Å². The van der Waals surface area contributed by atoms with Crippen molar-refractivity contribution in [1.29, 1.82) is 0 Å². The summed E-state index contributed by atoms with van der Waals surface area (Å²) in [6, 6.07) is 8.11. The number of rotatable bonds is 5. The summed E-state index contributed by atoms with van der Waals surface area (Å²) in [6.07, 6.45) is 4.05. The van der Waals surface area contributed by atoms with Gasteiger partial charge < -0.3 is 19.9 Å². The van der Waals surface area contributed by atoms with E-state index in [4.69, 9.17) is 4.74 Å². The van der Waals surface area contributed by atoms with E-state index in [-0.39, 0.29) is 23.8 Å². The lowest BCUT2D eigenvalue weighted by atomic mass is 9.91. The highest BCUT2D eigenvalue weighted by Crippen LogP contribution is 2.37. The Kier molecular flexibility index (Phi) is 4.99. The Morgan fingerprint density at radius 1 is 1.17 bits per heavy atom. The Morgan fingerprint density at radius 3 is 2.69 bits per heavy atom. The molecule has 0 radical (unpaired) electrons. The van der Waals surface area contributed by atoms with Gasteiger partial charge in [-0.15, -0.1) is 0 Å². The zero-order valence-electron chi connectivity index (χ0n) is 16.6. The summed E-state index contributed by atoms with van der Waals surface area (Å²) in [5.74, 6) is 1.95. The minimum Gasteiger partial charge on any atom is -0.381 e. The molecular formula is C22H28N4O3. The van der Waals surface area contributed by atoms with Crippen LogP contribution in [0.1, 0.15) is 31.5 Å². The fourth-order valence-corrected chi connectivity index (χ4v) is 5.24. The average Bonchev–Trinajstić information content (AvgIpc) is 3.44. The highest BCUT2D eigenvalue weighted by atomic mass is 16.5. The van der Waals surface area contributed by atoms with Crippen molar-refractivity contribution in [2.45, 2.75) is 38.1 Å². The number of aryl methyl sites for hydroxylation is 1. The monoisotopic (exact) mass is 396 g/mol. The molecule has 7 nitrogen and oxygen atoms in total. The third kappa shape index (κ3) is 3.75. The summed E-state index contributed by atoms with van der Waals surface area (Å²) < 4.78 is 5.38. The van der Waals surface area contributed by atoms with E-state index < -0.39 is 0 Å². The number of carbonyl (C=O) groups excluding carboxylic acids is 2. The first-order valence-electron chi connectivity index (χ1n) is 10.8. The topological polar surface area (TPSA) is 87.3 Å². The molecule has 4 atom stereocenters. The molecule has 29 heavy (non-hydrogen) atoms. The molecule has 2 aliphatic heterocycles. The standard InChI is InChI=1S/C22H28N4O3/c27-20(8-7-19-23-17-3-1-2-4-18(17)24-19)25-21-14-5-6-15(21)12-26(11-14)22(28)16-9-10-29-13-16/h1-4,14-16,21H,5-13H2,(H,23,24)(H,25,27)/t14-,15+,16?,21?. The van der Waals surface area contributed by atoms with Gasteiger partial charge in [-0.3, -0.25) is 9.59 Å². The third-order valence-corrected chi connectivity index (χ3v) is 6.78. The fourth-order valence-electron chi connectivity index (χ4n) is 5.24. The van der Waals surface area contributed by atoms with Crippen molar-refractivity contribution in [2.24, 2.45) is 17.8 Å². The van der Waals surface area contributed by atoms with E-state index in [2.05, 4.69) is 15.3 Å². The van der Waals surface area contributed by atoms with Gasteiger partial charge in [-0.2, -0.15) is 0 Å². The molecule has 2 amide bonds. The molecule has 3 fully saturated rings. The number of hydrogen-bond acceptors (Lipinski definition) is 4. The van der Waals surface area contributed by atoms with Crippen LogP contribution in [-0.2, 0) is 20.7 Å². The number of carbonyl (C=O) groups is 2. The van der Waals surface area contributed by atoms with E-state index in [0.717, 1.165) is 49.2 Å². The van der Waals surface area contributed by atoms with Crippen LogP contribution in [0.5, 0.6) is 0 Å². The Labute approximate surface area is 170 Å². The molecular weight excluding hydrogens is 368 g/mol. The summed E-state index contributed by atoms with van der Waals surface area (Å²) in [4.78, 5) is 35.2. The highest BCUT2D eigenvalue weighted by molar-refractivity contribution is 5.80. The summed E-state index contributed by atoms with van der Waals surface area (Å²) in [5.41, 5.74) is 1.94. The summed E-state index contributed by atoms with van der Waals surface area (Å²) in [6.45, 7) is 2.79. The number of nitrogens with one attached hydrogen (secondary N) is 2. The molecule has 2 aromatic rings. The van der Waals surface area contributed by atoms with Crippen LogP contribution in [0, 0.1) is 17.8 Å². The molecule has 154 valence electrons. The minimum atomic E-state index is 0.0318. The maximum atomic E-state index is 12.7. The van der Waals surface area contributed by atoms with Gasteiger partial charge in [0.1, 0.15) is 5.82 Å². The number of likely N-dealkylation sites (tertiary alicyclic amines) is 1. The smallest absolute Gasteiger partial charge is 0.228 e. The van der Waals surface area contributed by atoms with Crippen LogP contribution >= 0.6 is 0 Å². The van der Waals surface area contributed by atoms with E-state index in [1.165, 1.54) is 0 Å². The Balaban J connectivity index is 1.15. The molecule has 2 unspecified atom stereocenters. The van der Waals surface area contributed by atoms with E-state index >= 15 is 0 Å². The number of H-pyrrole nitrogens is 1. The van der Waals surface area contributed by atoms with Gasteiger partial charge in [-0.05, 0) is 43.2 Å². The van der Waals surface area contributed by atoms with Crippen molar-refractivity contribution < 1.29 is 14.3 Å². The number of aromatic nitrogens is 2. The first kappa shape index (κ1) is 18.6. The van der Waals surface area contributed by atoms with Gasteiger partial charge >= 0.3 is 0 Å². The molecule has 5 rings (SSSR count). The number of piperidine rings is 1. The Morgan fingerprint density at radius 2 is 1.97 bits per heavy atom. The lowest BCUT2D eigenvalue weighted by Gasteiger charge is -2.39. The van der Waals surface area contributed by atoms with E-state index in [1.54, 1.807) is 0 Å². The molecule has 1 aromatic carbocycles. The van der Waals surface area contributed by atoms with Crippen molar-refractivity contribution in [3.63, 3.8) is 0 Å². The number of fused-ring (bicyclic) bond motifs is 3. The van der Waals surface area contributed by atoms with E-state index in [0.29, 0.717) is 37.9 Å². The van der Waals surface area contributed by atoms with Crippen LogP contribution in [0.2, 0.25) is 0 Å². The zero-order valence-corrected chi connectivity index (χ0v) is 16.6. The van der Waals surface area contributed by atoms with Gasteiger partial charge in [-0.25, -0.2) is 4.98 Å². The Hall–Kier alpha value is -2.41. The van der Waals surface area contributed by atoms with Crippen LogP contribution in [0.3, 0.4) is 0 Å². The Bertz CT molecular complexity index is 857. The second-order valence-electron chi connectivity index (χ2n) is 8.70. The summed E-state index contributed by atoms with van der Waals surface area (Å²) in [7, 11) is 0. The molecule has 2 saturated heterocycles. The van der Waals surface area contributed by atoms with Gasteiger partial charge in [0.05, 0.1) is 23.6 Å². The van der Waals surface area contributed by atoms with Crippen molar-refractivity contribution in [2.75, 3.05) is 26.3 Å². The molecule has 2 N–H and O–H groups in total. The van der Waals surface area contributed by atoms with Gasteiger partial charge in [0.25, 0.3) is 0 Å². The number of para-hydroxylation sites is 2. The van der Waals surface area contributed by atoms with Crippen LogP contribution in [0.15, 0.2) is 24.3 Å². The predicted molar refractivity (Wildman–Crippen MR) is 108 cm³/mol. The van der Waals surface area contributed by atoms with Crippen LogP contribution in [0.25, 0.3) is 11.0 Å². The quantitative estimate of drug-likeness (QED) is 0.808. The molecule has 3 aliphatic rings. The lowest BCUT2D eigenvalue weighted by molar-refractivity contribution is -0.138. The van der Waals surface area contributed by atoms with Gasteiger partial charge in [0, 0.05) is 38.6 Å². The number of ether oxygens (including phenoxy) is 1. The summed E-state index contributed by atoms with van der Waals surface area (Å²) in [5, 5.41) is 3.27. The molecule has 1 aromatic heterocycles. The van der Waals surface area contributed by atoms with Crippen LogP contribution in [0.4, 0.5) is 0 Å². The molecule has 0 spiro atoms. The number of hydrogen-bond donors (Lipinski definition) is 2.